The number of hydrogen-bond donors (Lipinski definition) is 1. The summed E-state index contributed by atoms with van der Waals surface area (Å²) < 4.78 is 18.7. The van der Waals surface area contributed by atoms with Gasteiger partial charge in [-0.15, -0.1) is 0 Å². The molecule has 128 valence electrons. The molecule has 1 saturated heterocycles. The predicted octanol–water partition coefficient (Wildman–Crippen LogP) is 3.55. The highest BCUT2D eigenvalue weighted by atomic mass is 19.1. The van der Waals surface area contributed by atoms with Gasteiger partial charge in [0.1, 0.15) is 22.9 Å². The number of rotatable bonds is 3. The molecule has 2 amide bonds. The molecule has 0 atom stereocenters. The summed E-state index contributed by atoms with van der Waals surface area (Å²) in [6, 6.07) is 18.2. The zero-order chi connectivity index (χ0) is 18.1. The summed E-state index contributed by atoms with van der Waals surface area (Å²) >= 11 is 0. The second kappa shape index (κ2) is 6.33. The maximum Gasteiger partial charge on any atom is 0.282 e. The number of anilines is 1. The SMILES string of the molecule is O=C1NN(c2ccc(F)cc2)C(=O)C1=Cc1ccc(-c2ccccc2)o1. The van der Waals surface area contributed by atoms with Crippen molar-refractivity contribution in [1.82, 2.24) is 5.43 Å². The molecule has 1 aliphatic heterocycles. The van der Waals surface area contributed by atoms with Crippen LogP contribution < -0.4 is 10.4 Å². The van der Waals surface area contributed by atoms with Crippen molar-refractivity contribution in [3.05, 3.63) is 83.9 Å². The first-order valence-corrected chi connectivity index (χ1v) is 7.90. The number of hydrazine groups is 1. The minimum Gasteiger partial charge on any atom is -0.457 e. The fraction of sp³-hybridized carbons (Fsp3) is 0. The lowest BCUT2D eigenvalue weighted by atomic mass is 10.2. The molecule has 0 radical (unpaired) electrons. The van der Waals surface area contributed by atoms with E-state index in [-0.39, 0.29) is 5.57 Å². The van der Waals surface area contributed by atoms with Gasteiger partial charge in [0, 0.05) is 5.56 Å². The third kappa shape index (κ3) is 2.88. The first kappa shape index (κ1) is 15.8. The zero-order valence-electron chi connectivity index (χ0n) is 13.5. The molecule has 26 heavy (non-hydrogen) atoms. The van der Waals surface area contributed by atoms with E-state index in [1.54, 1.807) is 12.1 Å². The Morgan fingerprint density at radius 1 is 0.923 bits per heavy atom. The van der Waals surface area contributed by atoms with E-state index < -0.39 is 17.6 Å². The third-order valence-electron chi connectivity index (χ3n) is 3.95. The highest BCUT2D eigenvalue weighted by Gasteiger charge is 2.34. The minimum atomic E-state index is -0.544. The summed E-state index contributed by atoms with van der Waals surface area (Å²) in [7, 11) is 0. The van der Waals surface area contributed by atoms with Crippen molar-refractivity contribution in [2.24, 2.45) is 0 Å². The quantitative estimate of drug-likeness (QED) is 0.582. The number of nitrogens with zero attached hydrogens (tertiary/aromatic N) is 1. The number of halogens is 1. The summed E-state index contributed by atoms with van der Waals surface area (Å²) in [5.41, 5.74) is 3.68. The van der Waals surface area contributed by atoms with E-state index in [1.165, 1.54) is 30.3 Å². The normalized spacial score (nSPS) is 15.6. The van der Waals surface area contributed by atoms with Gasteiger partial charge in [-0.25, -0.2) is 9.40 Å². The smallest absolute Gasteiger partial charge is 0.282 e. The molecule has 1 fully saturated rings. The first-order chi connectivity index (χ1) is 12.6. The summed E-state index contributed by atoms with van der Waals surface area (Å²) in [5, 5.41) is 1.08. The van der Waals surface area contributed by atoms with Crippen molar-refractivity contribution < 1.29 is 18.4 Å². The lowest BCUT2D eigenvalue weighted by Gasteiger charge is -2.14. The minimum absolute atomic E-state index is 0.0525. The molecule has 1 N–H and O–H groups in total. The Kier molecular flexibility index (Phi) is 3.85. The molecule has 0 spiro atoms. The summed E-state index contributed by atoms with van der Waals surface area (Å²) in [6.07, 6.45) is 1.40. The standard InChI is InChI=1S/C20H13FN2O3/c21-14-6-8-15(9-7-14)23-20(25)17(19(24)22-23)12-16-10-11-18(26-16)13-4-2-1-3-5-13/h1-12H,(H,22,24). The molecule has 0 unspecified atom stereocenters. The average Bonchev–Trinajstić information content (AvgIpc) is 3.24. The van der Waals surface area contributed by atoms with E-state index in [1.807, 2.05) is 30.3 Å². The monoisotopic (exact) mass is 348 g/mol. The highest BCUT2D eigenvalue weighted by Crippen LogP contribution is 2.25. The molecule has 1 aromatic heterocycles. The van der Waals surface area contributed by atoms with Crippen molar-refractivity contribution in [3.8, 4) is 11.3 Å². The summed E-state index contributed by atoms with van der Waals surface area (Å²) in [5.74, 6) is -0.468. The molecule has 0 saturated carbocycles. The Hall–Kier alpha value is -3.67. The van der Waals surface area contributed by atoms with Gasteiger partial charge in [-0.2, -0.15) is 0 Å². The number of amides is 2. The third-order valence-corrected chi connectivity index (χ3v) is 3.95. The van der Waals surface area contributed by atoms with Gasteiger partial charge in [0.2, 0.25) is 0 Å². The molecule has 0 aliphatic carbocycles. The number of furan rings is 1. The van der Waals surface area contributed by atoms with Crippen molar-refractivity contribution >= 4 is 23.6 Å². The topological polar surface area (TPSA) is 62.6 Å². The average molecular weight is 348 g/mol. The summed E-state index contributed by atoms with van der Waals surface area (Å²) in [4.78, 5) is 24.7. The largest absolute Gasteiger partial charge is 0.457 e. The van der Waals surface area contributed by atoms with Crippen LogP contribution in [0.25, 0.3) is 17.4 Å². The number of carbonyl (C=O) groups excluding carboxylic acids is 2. The van der Waals surface area contributed by atoms with Gasteiger partial charge < -0.3 is 4.42 Å². The fourth-order valence-electron chi connectivity index (χ4n) is 2.66. The Bertz CT molecular complexity index is 1010. The van der Waals surface area contributed by atoms with E-state index in [0.717, 1.165) is 10.6 Å². The van der Waals surface area contributed by atoms with E-state index in [2.05, 4.69) is 5.43 Å². The van der Waals surface area contributed by atoms with Crippen LogP contribution in [0.5, 0.6) is 0 Å². The molecule has 1 aliphatic rings. The van der Waals surface area contributed by atoms with Crippen LogP contribution in [0.3, 0.4) is 0 Å². The van der Waals surface area contributed by atoms with Gasteiger partial charge in [-0.1, -0.05) is 30.3 Å². The van der Waals surface area contributed by atoms with Crippen LogP contribution in [0.2, 0.25) is 0 Å². The van der Waals surface area contributed by atoms with Crippen LogP contribution in [-0.4, -0.2) is 11.8 Å². The Balaban J connectivity index is 1.61. The molecular weight excluding hydrogens is 335 g/mol. The Morgan fingerprint density at radius 2 is 1.65 bits per heavy atom. The van der Waals surface area contributed by atoms with Crippen LogP contribution in [0, 0.1) is 5.82 Å². The Morgan fingerprint density at radius 3 is 2.38 bits per heavy atom. The second-order valence-corrected chi connectivity index (χ2v) is 5.68. The molecule has 4 rings (SSSR count). The number of benzene rings is 2. The second-order valence-electron chi connectivity index (χ2n) is 5.68. The van der Waals surface area contributed by atoms with Gasteiger partial charge >= 0.3 is 0 Å². The van der Waals surface area contributed by atoms with E-state index in [0.29, 0.717) is 17.2 Å². The lowest BCUT2D eigenvalue weighted by Crippen LogP contribution is -2.35. The van der Waals surface area contributed by atoms with E-state index in [4.69, 9.17) is 4.42 Å². The molecule has 0 bridgehead atoms. The molecule has 2 aromatic carbocycles. The fourth-order valence-corrected chi connectivity index (χ4v) is 2.66. The van der Waals surface area contributed by atoms with Crippen molar-refractivity contribution in [1.29, 1.82) is 0 Å². The van der Waals surface area contributed by atoms with Crippen molar-refractivity contribution in [2.45, 2.75) is 0 Å². The van der Waals surface area contributed by atoms with Crippen LogP contribution >= 0.6 is 0 Å². The van der Waals surface area contributed by atoms with Gasteiger partial charge in [-0.3, -0.25) is 15.0 Å². The molecule has 6 heteroatoms. The van der Waals surface area contributed by atoms with E-state index >= 15 is 0 Å². The van der Waals surface area contributed by atoms with E-state index in [9.17, 15) is 14.0 Å². The molecule has 5 nitrogen and oxygen atoms in total. The lowest BCUT2D eigenvalue weighted by molar-refractivity contribution is -0.117. The van der Waals surface area contributed by atoms with Gasteiger partial charge in [0.15, 0.2) is 0 Å². The predicted molar refractivity (Wildman–Crippen MR) is 94.1 cm³/mol. The molecule has 3 aromatic rings. The Labute approximate surface area is 148 Å². The maximum atomic E-state index is 13.0. The number of carbonyl (C=O) groups is 2. The van der Waals surface area contributed by atoms with Crippen molar-refractivity contribution in [3.63, 3.8) is 0 Å². The highest BCUT2D eigenvalue weighted by molar-refractivity contribution is 6.31. The van der Waals surface area contributed by atoms with Crippen molar-refractivity contribution in [2.75, 3.05) is 5.01 Å². The van der Waals surface area contributed by atoms with Gasteiger partial charge in [0.25, 0.3) is 11.8 Å². The van der Waals surface area contributed by atoms with Gasteiger partial charge in [0.05, 0.1) is 5.69 Å². The first-order valence-electron chi connectivity index (χ1n) is 7.90. The number of hydrogen-bond acceptors (Lipinski definition) is 3. The van der Waals surface area contributed by atoms with Crippen LogP contribution in [0.15, 0.2) is 76.7 Å². The van der Waals surface area contributed by atoms with Crippen LogP contribution in [0.4, 0.5) is 10.1 Å². The van der Waals surface area contributed by atoms with Crippen LogP contribution in [-0.2, 0) is 9.59 Å². The maximum absolute atomic E-state index is 13.0. The summed E-state index contributed by atoms with van der Waals surface area (Å²) in [6.45, 7) is 0. The number of nitrogens with one attached hydrogen (secondary N) is 1. The molecular formula is C20H13FN2O3. The van der Waals surface area contributed by atoms with Gasteiger partial charge in [-0.05, 0) is 42.5 Å². The zero-order valence-corrected chi connectivity index (χ0v) is 13.5. The molecule has 2 heterocycles. The van der Waals surface area contributed by atoms with Crippen LogP contribution in [0.1, 0.15) is 5.76 Å².